The van der Waals surface area contributed by atoms with Crippen LogP contribution >= 0.6 is 15.9 Å². The third-order valence-corrected chi connectivity index (χ3v) is 4.54. The predicted octanol–water partition coefficient (Wildman–Crippen LogP) is 4.71. The van der Waals surface area contributed by atoms with E-state index in [4.69, 9.17) is 9.47 Å². The van der Waals surface area contributed by atoms with Crippen LogP contribution in [0.3, 0.4) is 0 Å². The Balaban J connectivity index is 2.09. The highest BCUT2D eigenvalue weighted by Gasteiger charge is 2.39. The summed E-state index contributed by atoms with van der Waals surface area (Å²) >= 11 is 3.47. The number of rotatable bonds is 3. The summed E-state index contributed by atoms with van der Waals surface area (Å²) in [5, 5.41) is 0. The van der Waals surface area contributed by atoms with Gasteiger partial charge in [0.15, 0.2) is 0 Å². The van der Waals surface area contributed by atoms with Gasteiger partial charge < -0.3 is 14.4 Å². The Morgan fingerprint density at radius 1 is 1.22 bits per heavy atom. The van der Waals surface area contributed by atoms with Crippen molar-refractivity contribution in [3.05, 3.63) is 34.3 Å². The summed E-state index contributed by atoms with van der Waals surface area (Å²) in [7, 11) is 0. The molecule has 4 nitrogen and oxygen atoms in total. The molecule has 1 heterocycles. The van der Waals surface area contributed by atoms with Crippen LogP contribution < -0.4 is 0 Å². The fraction of sp³-hybridized carbons (Fsp3) is 0.611. The molecule has 0 unspecified atom stereocenters. The van der Waals surface area contributed by atoms with Crippen molar-refractivity contribution in [3.8, 4) is 0 Å². The zero-order chi connectivity index (χ0) is 17.1. The van der Waals surface area contributed by atoms with Gasteiger partial charge in [-0.3, -0.25) is 0 Å². The van der Waals surface area contributed by atoms with Crippen LogP contribution in [-0.4, -0.2) is 36.3 Å². The van der Waals surface area contributed by atoms with Crippen molar-refractivity contribution in [2.24, 2.45) is 0 Å². The second kappa shape index (κ2) is 7.22. The molecule has 0 bridgehead atoms. The summed E-state index contributed by atoms with van der Waals surface area (Å²) in [6.07, 6.45) is 1.32. The van der Waals surface area contributed by atoms with E-state index in [0.717, 1.165) is 17.3 Å². The summed E-state index contributed by atoms with van der Waals surface area (Å²) in [6.45, 7) is 9.63. The number of hydrogen-bond donors (Lipinski definition) is 0. The number of ether oxygens (including phenoxy) is 2. The molecule has 0 aromatic heterocycles. The smallest absolute Gasteiger partial charge is 0.410 e. The van der Waals surface area contributed by atoms with Gasteiger partial charge in [-0.25, -0.2) is 4.79 Å². The SMILES string of the molecule is CCOC1(c2ccc(Br)cc2)CCN(C(=O)OC(C)(C)C)CC1. The van der Waals surface area contributed by atoms with Gasteiger partial charge in [0.1, 0.15) is 5.60 Å². The fourth-order valence-electron chi connectivity index (χ4n) is 2.92. The lowest BCUT2D eigenvalue weighted by Gasteiger charge is -2.42. The highest BCUT2D eigenvalue weighted by Crippen LogP contribution is 2.37. The minimum Gasteiger partial charge on any atom is -0.444 e. The van der Waals surface area contributed by atoms with Gasteiger partial charge in [-0.05, 0) is 58.2 Å². The molecule has 0 N–H and O–H groups in total. The Morgan fingerprint density at radius 3 is 2.26 bits per heavy atom. The Labute approximate surface area is 147 Å². The highest BCUT2D eigenvalue weighted by molar-refractivity contribution is 9.10. The number of halogens is 1. The van der Waals surface area contributed by atoms with E-state index < -0.39 is 5.60 Å². The van der Waals surface area contributed by atoms with E-state index in [2.05, 4.69) is 28.1 Å². The maximum absolute atomic E-state index is 12.2. The van der Waals surface area contributed by atoms with Gasteiger partial charge >= 0.3 is 6.09 Å². The van der Waals surface area contributed by atoms with E-state index in [1.54, 1.807) is 4.90 Å². The topological polar surface area (TPSA) is 38.8 Å². The van der Waals surface area contributed by atoms with Crippen molar-refractivity contribution in [1.29, 1.82) is 0 Å². The number of amides is 1. The standard InChI is InChI=1S/C18H26BrNO3/c1-5-22-18(14-6-8-15(19)9-7-14)10-12-20(13-11-18)16(21)23-17(2,3)4/h6-9H,5,10-13H2,1-4H3. The molecule has 1 aliphatic heterocycles. The van der Waals surface area contributed by atoms with Crippen LogP contribution in [-0.2, 0) is 15.1 Å². The van der Waals surface area contributed by atoms with Crippen LogP contribution in [0.1, 0.15) is 46.1 Å². The van der Waals surface area contributed by atoms with Crippen LogP contribution in [0.4, 0.5) is 4.79 Å². The molecular formula is C18H26BrNO3. The quantitative estimate of drug-likeness (QED) is 0.758. The number of nitrogens with zero attached hydrogens (tertiary/aromatic N) is 1. The zero-order valence-corrected chi connectivity index (χ0v) is 16.0. The molecule has 0 radical (unpaired) electrons. The first-order valence-corrected chi connectivity index (χ1v) is 8.93. The fourth-order valence-corrected chi connectivity index (χ4v) is 3.19. The second-order valence-corrected chi connectivity index (χ2v) is 7.82. The van der Waals surface area contributed by atoms with Gasteiger partial charge in [0.05, 0.1) is 5.60 Å². The summed E-state index contributed by atoms with van der Waals surface area (Å²) < 4.78 is 12.7. The number of likely N-dealkylation sites (tertiary alicyclic amines) is 1. The number of benzene rings is 1. The van der Waals surface area contributed by atoms with Gasteiger partial charge in [0.25, 0.3) is 0 Å². The normalized spacial score (nSPS) is 17.9. The molecule has 2 rings (SSSR count). The van der Waals surface area contributed by atoms with Crippen molar-refractivity contribution >= 4 is 22.0 Å². The van der Waals surface area contributed by atoms with Crippen LogP contribution in [0.2, 0.25) is 0 Å². The number of hydrogen-bond acceptors (Lipinski definition) is 3. The van der Waals surface area contributed by atoms with Crippen molar-refractivity contribution in [1.82, 2.24) is 4.90 Å². The van der Waals surface area contributed by atoms with Crippen molar-refractivity contribution < 1.29 is 14.3 Å². The summed E-state index contributed by atoms with van der Waals surface area (Å²) in [5.74, 6) is 0. The maximum atomic E-state index is 12.2. The molecule has 0 aliphatic carbocycles. The Bertz CT molecular complexity index is 528. The van der Waals surface area contributed by atoms with E-state index in [1.807, 2.05) is 39.8 Å². The average molecular weight is 384 g/mol. The average Bonchev–Trinajstić information content (AvgIpc) is 2.47. The van der Waals surface area contributed by atoms with Crippen LogP contribution in [0.15, 0.2) is 28.7 Å². The van der Waals surface area contributed by atoms with Crippen LogP contribution in [0, 0.1) is 0 Å². The van der Waals surface area contributed by atoms with E-state index in [9.17, 15) is 4.79 Å². The van der Waals surface area contributed by atoms with Gasteiger partial charge in [-0.1, -0.05) is 28.1 Å². The van der Waals surface area contributed by atoms with Crippen molar-refractivity contribution in [2.75, 3.05) is 19.7 Å². The zero-order valence-electron chi connectivity index (χ0n) is 14.4. The lowest BCUT2D eigenvalue weighted by Crippen LogP contribution is -2.47. The Morgan fingerprint density at radius 2 is 1.78 bits per heavy atom. The Hall–Kier alpha value is -1.07. The molecule has 23 heavy (non-hydrogen) atoms. The molecule has 1 fully saturated rings. The predicted molar refractivity (Wildman–Crippen MR) is 94.5 cm³/mol. The second-order valence-electron chi connectivity index (χ2n) is 6.90. The molecule has 1 aromatic rings. The first kappa shape index (κ1) is 18.3. The monoisotopic (exact) mass is 383 g/mol. The lowest BCUT2D eigenvalue weighted by molar-refractivity contribution is -0.0855. The molecule has 1 aliphatic rings. The molecule has 0 atom stereocenters. The van der Waals surface area contributed by atoms with Gasteiger partial charge in [-0.15, -0.1) is 0 Å². The van der Waals surface area contributed by atoms with Gasteiger partial charge in [-0.2, -0.15) is 0 Å². The molecule has 1 saturated heterocycles. The van der Waals surface area contributed by atoms with Crippen LogP contribution in [0.25, 0.3) is 0 Å². The molecule has 1 aromatic carbocycles. The molecule has 0 spiro atoms. The minimum atomic E-state index is -0.461. The van der Waals surface area contributed by atoms with E-state index in [-0.39, 0.29) is 11.7 Å². The molecule has 1 amide bonds. The van der Waals surface area contributed by atoms with Crippen LogP contribution in [0.5, 0.6) is 0 Å². The van der Waals surface area contributed by atoms with Crippen molar-refractivity contribution in [3.63, 3.8) is 0 Å². The number of piperidine rings is 1. The van der Waals surface area contributed by atoms with E-state index in [1.165, 1.54) is 5.56 Å². The van der Waals surface area contributed by atoms with Gasteiger partial charge in [0, 0.05) is 24.2 Å². The molecule has 128 valence electrons. The summed E-state index contributed by atoms with van der Waals surface area (Å²) in [6, 6.07) is 8.28. The maximum Gasteiger partial charge on any atom is 0.410 e. The summed E-state index contributed by atoms with van der Waals surface area (Å²) in [5.41, 5.74) is 0.400. The number of carbonyl (C=O) groups excluding carboxylic acids is 1. The molecule has 0 saturated carbocycles. The summed E-state index contributed by atoms with van der Waals surface area (Å²) in [4.78, 5) is 14.0. The minimum absolute atomic E-state index is 0.238. The first-order chi connectivity index (χ1) is 10.8. The largest absolute Gasteiger partial charge is 0.444 e. The van der Waals surface area contributed by atoms with E-state index in [0.29, 0.717) is 19.7 Å². The number of carbonyl (C=O) groups is 1. The van der Waals surface area contributed by atoms with Crippen molar-refractivity contribution in [2.45, 2.75) is 51.7 Å². The Kier molecular flexibility index (Phi) is 5.74. The molecular weight excluding hydrogens is 358 g/mol. The third-order valence-electron chi connectivity index (χ3n) is 4.01. The highest BCUT2D eigenvalue weighted by atomic mass is 79.9. The molecule has 5 heteroatoms. The first-order valence-electron chi connectivity index (χ1n) is 8.14. The van der Waals surface area contributed by atoms with Gasteiger partial charge in [0.2, 0.25) is 0 Å². The lowest BCUT2D eigenvalue weighted by atomic mass is 9.84. The third kappa shape index (κ3) is 4.70. The van der Waals surface area contributed by atoms with E-state index >= 15 is 0 Å².